The summed E-state index contributed by atoms with van der Waals surface area (Å²) in [5.41, 5.74) is 8.96. The van der Waals surface area contributed by atoms with Gasteiger partial charge in [0.15, 0.2) is 0 Å². The van der Waals surface area contributed by atoms with E-state index in [4.69, 9.17) is 5.73 Å². The van der Waals surface area contributed by atoms with Crippen LogP contribution in [0.4, 0.5) is 0 Å². The number of nitrogens with zero attached hydrogens (tertiary/aromatic N) is 2. The number of hydrogen-bond donors (Lipinski definition) is 1. The van der Waals surface area contributed by atoms with Gasteiger partial charge in [-0.2, -0.15) is 0 Å². The molecule has 1 aromatic rings. The molecule has 1 heterocycles. The van der Waals surface area contributed by atoms with E-state index in [0.717, 1.165) is 31.6 Å². The van der Waals surface area contributed by atoms with Crippen molar-refractivity contribution in [2.75, 3.05) is 13.6 Å². The fraction of sp³-hybridized carbons (Fsp3) is 0.700. The first-order valence-corrected chi connectivity index (χ1v) is 5.97. The molecule has 2 N–H and O–H groups in total. The van der Waals surface area contributed by atoms with Gasteiger partial charge >= 0.3 is 0 Å². The molecule has 0 bridgehead atoms. The Bertz CT molecular complexity index is 236. The molecule has 1 aromatic heterocycles. The second kappa shape index (κ2) is 6.11. The van der Waals surface area contributed by atoms with Gasteiger partial charge in [-0.15, -0.1) is 11.3 Å². The first-order chi connectivity index (χ1) is 6.72. The molecule has 0 saturated heterocycles. The zero-order valence-electron chi connectivity index (χ0n) is 8.94. The first kappa shape index (κ1) is 11.6. The second-order valence-electron chi connectivity index (χ2n) is 3.73. The molecule has 0 aliphatic heterocycles. The van der Waals surface area contributed by atoms with E-state index in [-0.39, 0.29) is 0 Å². The number of hydrogen-bond acceptors (Lipinski definition) is 4. The highest BCUT2D eigenvalue weighted by Crippen LogP contribution is 2.05. The van der Waals surface area contributed by atoms with Gasteiger partial charge in [-0.25, -0.2) is 4.98 Å². The summed E-state index contributed by atoms with van der Waals surface area (Å²) in [6.45, 7) is 4.02. The van der Waals surface area contributed by atoms with E-state index >= 15 is 0 Å². The molecule has 1 atom stereocenters. The molecule has 0 radical (unpaired) electrons. The molecule has 0 fully saturated rings. The van der Waals surface area contributed by atoms with E-state index in [0.29, 0.717) is 6.04 Å². The van der Waals surface area contributed by atoms with Gasteiger partial charge in [-0.3, -0.25) is 4.90 Å². The highest BCUT2D eigenvalue weighted by molar-refractivity contribution is 7.07. The maximum atomic E-state index is 5.95. The summed E-state index contributed by atoms with van der Waals surface area (Å²) in [6.07, 6.45) is 2.26. The van der Waals surface area contributed by atoms with Crippen LogP contribution in [0.3, 0.4) is 0 Å². The van der Waals surface area contributed by atoms with Crippen LogP contribution in [0.15, 0.2) is 10.9 Å². The van der Waals surface area contributed by atoms with Crippen LogP contribution in [0.5, 0.6) is 0 Å². The third-order valence-corrected chi connectivity index (χ3v) is 2.76. The minimum absolute atomic E-state index is 0.295. The van der Waals surface area contributed by atoms with E-state index in [1.54, 1.807) is 11.3 Å². The molecule has 4 heteroatoms. The summed E-state index contributed by atoms with van der Waals surface area (Å²) < 4.78 is 0. The Morgan fingerprint density at radius 2 is 2.43 bits per heavy atom. The molecule has 3 nitrogen and oxygen atoms in total. The number of nitrogens with two attached hydrogens (primary N) is 1. The number of aromatic nitrogens is 1. The fourth-order valence-corrected chi connectivity index (χ4v) is 2.07. The topological polar surface area (TPSA) is 42.1 Å². The first-order valence-electron chi connectivity index (χ1n) is 5.03. The number of rotatable bonds is 6. The summed E-state index contributed by atoms with van der Waals surface area (Å²) in [5.74, 6) is 0. The lowest BCUT2D eigenvalue weighted by atomic mass is 10.2. The standard InChI is InChI=1S/C10H19N3S/c1-3-4-9(11)5-13(2)6-10-7-14-8-12-10/h7-9H,3-6,11H2,1-2H3. The maximum Gasteiger partial charge on any atom is 0.0795 e. The smallest absolute Gasteiger partial charge is 0.0795 e. The molecule has 14 heavy (non-hydrogen) atoms. The zero-order chi connectivity index (χ0) is 10.4. The molecule has 0 spiro atoms. The highest BCUT2D eigenvalue weighted by atomic mass is 32.1. The van der Waals surface area contributed by atoms with Crippen molar-refractivity contribution in [1.82, 2.24) is 9.88 Å². The lowest BCUT2D eigenvalue weighted by molar-refractivity contribution is 0.294. The van der Waals surface area contributed by atoms with Crippen LogP contribution in [0.25, 0.3) is 0 Å². The number of thiazole rings is 1. The molecule has 0 aliphatic carbocycles. The lowest BCUT2D eigenvalue weighted by Gasteiger charge is -2.19. The van der Waals surface area contributed by atoms with Crippen LogP contribution < -0.4 is 5.73 Å². The van der Waals surface area contributed by atoms with Crippen molar-refractivity contribution >= 4 is 11.3 Å². The fourth-order valence-electron chi connectivity index (χ4n) is 1.52. The van der Waals surface area contributed by atoms with Crippen molar-refractivity contribution in [2.45, 2.75) is 32.4 Å². The second-order valence-corrected chi connectivity index (χ2v) is 4.44. The normalized spacial score (nSPS) is 13.4. The summed E-state index contributed by atoms with van der Waals surface area (Å²) in [4.78, 5) is 6.48. The zero-order valence-corrected chi connectivity index (χ0v) is 9.76. The van der Waals surface area contributed by atoms with E-state index in [2.05, 4.69) is 29.2 Å². The largest absolute Gasteiger partial charge is 0.327 e. The van der Waals surface area contributed by atoms with Crippen LogP contribution in [0, 0.1) is 0 Å². The van der Waals surface area contributed by atoms with Gasteiger partial charge in [-0.1, -0.05) is 13.3 Å². The summed E-state index contributed by atoms with van der Waals surface area (Å²) in [5, 5.41) is 2.09. The monoisotopic (exact) mass is 213 g/mol. The number of likely N-dealkylation sites (N-methyl/N-ethyl adjacent to an activating group) is 1. The quantitative estimate of drug-likeness (QED) is 0.782. The maximum absolute atomic E-state index is 5.95. The van der Waals surface area contributed by atoms with Gasteiger partial charge in [0.2, 0.25) is 0 Å². The Labute approximate surface area is 89.9 Å². The van der Waals surface area contributed by atoms with Crippen LogP contribution in [0.1, 0.15) is 25.5 Å². The molecule has 1 rings (SSSR count). The Kier molecular flexibility index (Phi) is 5.07. The Morgan fingerprint density at radius 3 is 3.00 bits per heavy atom. The predicted molar refractivity (Wildman–Crippen MR) is 61.3 cm³/mol. The van der Waals surface area contributed by atoms with Gasteiger partial charge in [0.25, 0.3) is 0 Å². The average molecular weight is 213 g/mol. The minimum Gasteiger partial charge on any atom is -0.327 e. The Morgan fingerprint density at radius 1 is 1.64 bits per heavy atom. The van der Waals surface area contributed by atoms with Crippen molar-refractivity contribution < 1.29 is 0 Å². The Hall–Kier alpha value is -0.450. The lowest BCUT2D eigenvalue weighted by Crippen LogP contribution is -2.34. The van der Waals surface area contributed by atoms with Gasteiger partial charge in [0, 0.05) is 24.5 Å². The molecule has 0 saturated carbocycles. The van der Waals surface area contributed by atoms with Crippen LogP contribution in [-0.2, 0) is 6.54 Å². The molecule has 1 unspecified atom stereocenters. The SMILES string of the molecule is CCCC(N)CN(C)Cc1cscn1. The van der Waals surface area contributed by atoms with Gasteiger partial charge in [0.1, 0.15) is 0 Å². The van der Waals surface area contributed by atoms with Crippen LogP contribution in [0.2, 0.25) is 0 Å². The average Bonchev–Trinajstić information content (AvgIpc) is 2.56. The third-order valence-electron chi connectivity index (χ3n) is 2.12. The molecular weight excluding hydrogens is 194 g/mol. The van der Waals surface area contributed by atoms with Crippen LogP contribution >= 0.6 is 11.3 Å². The predicted octanol–water partition coefficient (Wildman–Crippen LogP) is 1.70. The summed E-state index contributed by atoms with van der Waals surface area (Å²) >= 11 is 1.64. The van der Waals surface area contributed by atoms with E-state index in [1.807, 2.05) is 5.51 Å². The Balaban J connectivity index is 2.25. The molecular formula is C10H19N3S. The van der Waals surface area contributed by atoms with Gasteiger partial charge in [0.05, 0.1) is 11.2 Å². The van der Waals surface area contributed by atoms with Crippen molar-refractivity contribution in [3.63, 3.8) is 0 Å². The van der Waals surface area contributed by atoms with E-state index in [1.165, 1.54) is 0 Å². The summed E-state index contributed by atoms with van der Waals surface area (Å²) in [6, 6.07) is 0.295. The van der Waals surface area contributed by atoms with Gasteiger partial charge in [-0.05, 0) is 13.5 Å². The van der Waals surface area contributed by atoms with Crippen molar-refractivity contribution in [2.24, 2.45) is 5.73 Å². The molecule has 80 valence electrons. The molecule has 0 amide bonds. The van der Waals surface area contributed by atoms with Gasteiger partial charge < -0.3 is 5.73 Å². The van der Waals surface area contributed by atoms with Crippen molar-refractivity contribution in [3.8, 4) is 0 Å². The summed E-state index contributed by atoms with van der Waals surface area (Å²) in [7, 11) is 2.09. The van der Waals surface area contributed by atoms with Crippen LogP contribution in [-0.4, -0.2) is 29.5 Å². The third kappa shape index (κ3) is 4.17. The van der Waals surface area contributed by atoms with E-state index < -0.39 is 0 Å². The molecule has 0 aromatic carbocycles. The van der Waals surface area contributed by atoms with Crippen molar-refractivity contribution in [3.05, 3.63) is 16.6 Å². The minimum atomic E-state index is 0.295. The molecule has 0 aliphatic rings. The van der Waals surface area contributed by atoms with Crippen molar-refractivity contribution in [1.29, 1.82) is 0 Å². The highest BCUT2D eigenvalue weighted by Gasteiger charge is 2.06. The van der Waals surface area contributed by atoms with E-state index in [9.17, 15) is 0 Å².